The van der Waals surface area contributed by atoms with Crippen LogP contribution in [0, 0.1) is 0 Å². The largest absolute Gasteiger partial charge is 2.00 e. The average molecular weight is 158 g/mol. The summed E-state index contributed by atoms with van der Waals surface area (Å²) in [4.78, 5) is 0. The molecule has 6 heteroatoms. The van der Waals surface area contributed by atoms with Crippen molar-refractivity contribution in [3.8, 4) is 0 Å². The Balaban J connectivity index is 0. The third-order valence-electron chi connectivity index (χ3n) is 0. The van der Waals surface area contributed by atoms with Gasteiger partial charge in [-0.1, -0.05) is 0 Å². The van der Waals surface area contributed by atoms with Gasteiger partial charge in [-0.05, 0) is 0 Å². The van der Waals surface area contributed by atoms with Crippen molar-refractivity contribution in [2.24, 2.45) is 0 Å². The Morgan fingerprint density at radius 3 is 0.667 bits per heavy atom. The summed E-state index contributed by atoms with van der Waals surface area (Å²) < 4.78 is 0. The topological polar surface area (TPSA) is 28.5 Å². The molecule has 1 nitrogen and oxygen atoms in total. The standard InChI is InChI=1S/2Ca.2FH.Mg.O/h;;2*1H;;/q2*+2;;;+2;-2/p-2. The summed E-state index contributed by atoms with van der Waals surface area (Å²) >= 11 is 0. The molecule has 0 amide bonds. The molecule has 24 valence electrons. The Labute approximate surface area is 111 Å². The Morgan fingerprint density at radius 2 is 0.667 bits per heavy atom. The average Bonchev–Trinajstić information content (AvgIpc) is 0. The van der Waals surface area contributed by atoms with Gasteiger partial charge in [-0.15, -0.1) is 0 Å². The molecule has 0 aromatic rings. The van der Waals surface area contributed by atoms with Crippen molar-refractivity contribution in [1.29, 1.82) is 0 Å². The normalized spacial score (nSPS) is 0. The van der Waals surface area contributed by atoms with Crippen LogP contribution in [0.25, 0.3) is 0 Å². The van der Waals surface area contributed by atoms with E-state index in [-0.39, 0.29) is 113 Å². The van der Waals surface area contributed by atoms with Crippen LogP contribution in [-0.4, -0.2) is 98.5 Å². The van der Waals surface area contributed by atoms with Gasteiger partial charge in [-0.2, -0.15) is 0 Å². The summed E-state index contributed by atoms with van der Waals surface area (Å²) in [5.74, 6) is 0. The van der Waals surface area contributed by atoms with Crippen LogP contribution in [0.15, 0.2) is 0 Å². The van der Waals surface area contributed by atoms with Gasteiger partial charge in [-0.25, -0.2) is 0 Å². The molecular weight excluding hydrogens is 158 g/mol. The quantitative estimate of drug-likeness (QED) is 0.314. The molecule has 0 fully saturated rings. The third kappa shape index (κ3) is 27.5. The molecule has 0 aliphatic heterocycles. The molecule has 0 N–H and O–H groups in total. The zero-order valence-electron chi connectivity index (χ0n) is 3.29. The van der Waals surface area contributed by atoms with Crippen molar-refractivity contribution >= 4 is 98.5 Å². The summed E-state index contributed by atoms with van der Waals surface area (Å²) in [6.07, 6.45) is 0. The second kappa shape index (κ2) is 42.4. The van der Waals surface area contributed by atoms with Crippen LogP contribution < -0.4 is 9.41 Å². The molecule has 6 heavy (non-hydrogen) atoms. The van der Waals surface area contributed by atoms with E-state index in [0.717, 1.165) is 0 Å². The van der Waals surface area contributed by atoms with Crippen LogP contribution >= 0.6 is 0 Å². The van der Waals surface area contributed by atoms with Gasteiger partial charge in [-0.3, -0.25) is 0 Å². The minimum Gasteiger partial charge on any atom is -2.00 e. The van der Waals surface area contributed by atoms with Crippen molar-refractivity contribution in [3.63, 3.8) is 0 Å². The summed E-state index contributed by atoms with van der Waals surface area (Å²) in [5.41, 5.74) is 0. The van der Waals surface area contributed by atoms with Gasteiger partial charge < -0.3 is 14.9 Å². The second-order valence-electron chi connectivity index (χ2n) is 0. The van der Waals surface area contributed by atoms with Crippen molar-refractivity contribution in [2.45, 2.75) is 0 Å². The molecule has 0 saturated heterocycles. The summed E-state index contributed by atoms with van der Waals surface area (Å²) in [7, 11) is 0. The summed E-state index contributed by atoms with van der Waals surface area (Å²) in [6.45, 7) is 0. The van der Waals surface area contributed by atoms with Gasteiger partial charge in [0.05, 0.1) is 0 Å². The molecule has 0 heterocycles. The van der Waals surface area contributed by atoms with Gasteiger partial charge in [0, 0.05) is 0 Å². The Hall–Kier alpha value is 3.11. The van der Waals surface area contributed by atoms with Crippen molar-refractivity contribution in [2.75, 3.05) is 0 Å². The van der Waals surface area contributed by atoms with Gasteiger partial charge >= 0.3 is 98.5 Å². The number of hydrogen-bond donors (Lipinski definition) is 0. The second-order valence-corrected chi connectivity index (χ2v) is 0. The van der Waals surface area contributed by atoms with E-state index in [9.17, 15) is 0 Å². The van der Waals surface area contributed by atoms with Crippen LogP contribution in [0.1, 0.15) is 0 Å². The van der Waals surface area contributed by atoms with E-state index in [1.165, 1.54) is 0 Å². The molecule has 0 aliphatic rings. The van der Waals surface area contributed by atoms with Crippen LogP contribution in [0.2, 0.25) is 0 Å². The van der Waals surface area contributed by atoms with Gasteiger partial charge in [0.15, 0.2) is 0 Å². The molecule has 0 saturated carbocycles. The number of hydrogen-bond acceptors (Lipinski definition) is 0. The molecule has 0 aromatic heterocycles. The molecule has 0 unspecified atom stereocenters. The monoisotopic (exact) mass is 158 g/mol. The van der Waals surface area contributed by atoms with Gasteiger partial charge in [0.1, 0.15) is 0 Å². The summed E-state index contributed by atoms with van der Waals surface area (Å²) in [5, 5.41) is 0. The smallest absolute Gasteiger partial charge is 2.00 e. The third-order valence-corrected chi connectivity index (χ3v) is 0. The van der Waals surface area contributed by atoms with Crippen LogP contribution in [0.4, 0.5) is 0 Å². The first kappa shape index (κ1) is 62.0. The van der Waals surface area contributed by atoms with Gasteiger partial charge in [0.25, 0.3) is 0 Å². The zero-order valence-corrected chi connectivity index (χ0v) is 9.12. The minimum atomic E-state index is 0. The van der Waals surface area contributed by atoms with E-state index < -0.39 is 0 Å². The van der Waals surface area contributed by atoms with Crippen molar-refractivity contribution in [1.82, 2.24) is 0 Å². The summed E-state index contributed by atoms with van der Waals surface area (Å²) in [6, 6.07) is 0. The predicted octanol–water partition coefficient (Wildman–Crippen LogP) is -7.25. The van der Waals surface area contributed by atoms with Crippen molar-refractivity contribution in [3.05, 3.63) is 0 Å². The fourth-order valence-electron chi connectivity index (χ4n) is 0. The van der Waals surface area contributed by atoms with E-state index in [4.69, 9.17) is 0 Å². The molecule has 0 atom stereocenters. The Morgan fingerprint density at radius 1 is 0.667 bits per heavy atom. The molecular formula is Ca2F2MgO+2. The molecule has 0 bridgehead atoms. The Bertz CT molecular complexity index is 11.5. The molecule has 0 aliphatic carbocycles. The van der Waals surface area contributed by atoms with Crippen molar-refractivity contribution < 1.29 is 14.9 Å². The number of halogens is 2. The maximum absolute atomic E-state index is 0. The van der Waals surface area contributed by atoms with Gasteiger partial charge in [0.2, 0.25) is 0 Å². The molecule has 0 rings (SSSR count). The van der Waals surface area contributed by atoms with Crippen LogP contribution in [0.3, 0.4) is 0 Å². The Kier molecular flexibility index (Phi) is 439. The van der Waals surface area contributed by atoms with E-state index in [1.807, 2.05) is 0 Å². The van der Waals surface area contributed by atoms with Crippen LogP contribution in [0.5, 0.6) is 0 Å². The maximum atomic E-state index is 0. The SMILES string of the molecule is [Ca+2].[Ca+2].[F-].[F-].[Mg+2].[O-2]. The predicted molar refractivity (Wildman–Crippen MR) is 17.9 cm³/mol. The molecule has 0 aromatic carbocycles. The first-order valence-corrected chi connectivity index (χ1v) is 0. The van der Waals surface area contributed by atoms with E-state index in [0.29, 0.717) is 0 Å². The first-order chi connectivity index (χ1) is 0. The van der Waals surface area contributed by atoms with E-state index in [2.05, 4.69) is 0 Å². The zero-order chi connectivity index (χ0) is 0. The minimum absolute atomic E-state index is 0. The molecule has 0 radical (unpaired) electrons. The fraction of sp³-hybridized carbons (Fsp3) is 0. The van der Waals surface area contributed by atoms with E-state index >= 15 is 0 Å². The van der Waals surface area contributed by atoms with E-state index in [1.54, 1.807) is 0 Å². The fourth-order valence-corrected chi connectivity index (χ4v) is 0. The van der Waals surface area contributed by atoms with Crippen LogP contribution in [-0.2, 0) is 5.48 Å². The number of rotatable bonds is 0. The maximum Gasteiger partial charge on any atom is 2.00 e. The molecule has 0 spiro atoms. The first-order valence-electron chi connectivity index (χ1n) is 0.